The lowest BCUT2D eigenvalue weighted by atomic mass is 9.64. The number of amides is 2. The van der Waals surface area contributed by atoms with E-state index in [0.717, 1.165) is 21.6 Å². The number of carbonyl (C=O) groups excluding carboxylic acids is 2. The first kappa shape index (κ1) is 37.1. The third-order valence-electron chi connectivity index (χ3n) is 11.0. The molecule has 0 radical (unpaired) electrons. The zero-order chi connectivity index (χ0) is 40.0. The van der Waals surface area contributed by atoms with E-state index in [9.17, 15) is 33.5 Å². The van der Waals surface area contributed by atoms with Gasteiger partial charge in [0, 0.05) is 50.0 Å². The fourth-order valence-electron chi connectivity index (χ4n) is 8.31. The summed E-state index contributed by atoms with van der Waals surface area (Å²) in [6.45, 7) is -0.408. The summed E-state index contributed by atoms with van der Waals surface area (Å²) in [5, 5.41) is 11.4. The van der Waals surface area contributed by atoms with Crippen molar-refractivity contribution in [1.29, 1.82) is 0 Å². The second-order valence-electron chi connectivity index (χ2n) is 13.7. The zero-order valence-electron chi connectivity index (χ0n) is 30.3. The summed E-state index contributed by atoms with van der Waals surface area (Å²) in [5.74, 6) is -3.29. The summed E-state index contributed by atoms with van der Waals surface area (Å²) >= 11 is 14.8. The number of anilines is 1. The van der Waals surface area contributed by atoms with Crippen LogP contribution >= 0.6 is 23.2 Å². The van der Waals surface area contributed by atoms with Gasteiger partial charge in [-0.1, -0.05) is 12.1 Å². The van der Waals surface area contributed by atoms with Gasteiger partial charge in [-0.25, -0.2) is 37.8 Å². The lowest BCUT2D eigenvalue weighted by molar-refractivity contribution is -0.122. The molecule has 0 bridgehead atoms. The number of phenols is 1. The van der Waals surface area contributed by atoms with Crippen LogP contribution in [0.1, 0.15) is 29.6 Å². The van der Waals surface area contributed by atoms with Crippen LogP contribution in [-0.4, -0.2) is 71.5 Å². The van der Waals surface area contributed by atoms with E-state index in [0.29, 0.717) is 28.1 Å². The number of phenolic OH excluding ortho intramolecular Hbond substituents is 1. The third kappa shape index (κ3) is 5.01. The molecule has 8 rings (SSSR count). The molecule has 4 unspecified atom stereocenters. The van der Waals surface area contributed by atoms with Crippen LogP contribution in [0.5, 0.6) is 23.0 Å². The van der Waals surface area contributed by atoms with Crippen molar-refractivity contribution >= 4 is 51.7 Å². The number of ether oxygens (including phenoxy) is 3. The number of nitrogens with zero attached hydrogens (tertiary/aromatic N) is 6. The van der Waals surface area contributed by atoms with Gasteiger partial charge < -0.3 is 23.9 Å². The predicted octanol–water partition coefficient (Wildman–Crippen LogP) is 3.37. The van der Waals surface area contributed by atoms with Gasteiger partial charge in [-0.3, -0.25) is 14.4 Å². The first-order chi connectivity index (χ1) is 26.7. The number of methoxy groups -OCH3 is 3. The number of hydrogen-bond donors (Lipinski definition) is 1. The van der Waals surface area contributed by atoms with E-state index >= 15 is 0 Å². The highest BCUT2D eigenvalue weighted by Crippen LogP contribution is 2.65. The molecule has 2 aromatic heterocycles. The van der Waals surface area contributed by atoms with Gasteiger partial charge >= 0.3 is 11.4 Å². The van der Waals surface area contributed by atoms with Crippen LogP contribution < -0.4 is 36.0 Å². The minimum atomic E-state index is -2.31. The summed E-state index contributed by atoms with van der Waals surface area (Å²) in [5.41, 5.74) is -0.607. The number of halogens is 3. The van der Waals surface area contributed by atoms with Crippen molar-refractivity contribution in [3.63, 3.8) is 0 Å². The van der Waals surface area contributed by atoms with Gasteiger partial charge in [-0.15, -0.1) is 23.2 Å². The Morgan fingerprint density at radius 1 is 0.911 bits per heavy atom. The molecule has 1 saturated carbocycles. The molecular weight excluding hydrogens is 774 g/mol. The van der Waals surface area contributed by atoms with E-state index in [4.69, 9.17) is 37.4 Å². The first-order valence-corrected chi connectivity index (χ1v) is 18.1. The van der Waals surface area contributed by atoms with Crippen LogP contribution in [0.4, 0.5) is 10.1 Å². The minimum Gasteiger partial charge on any atom is -0.508 e. The summed E-state index contributed by atoms with van der Waals surface area (Å²) in [4.78, 5) is 71.6. The monoisotopic (exact) mass is 806 g/mol. The van der Waals surface area contributed by atoms with Crippen LogP contribution in [0.25, 0.3) is 11.0 Å². The maximum absolute atomic E-state index is 14.6. The fraction of sp³-hybridized carbons (Fsp3) is 0.316. The summed E-state index contributed by atoms with van der Waals surface area (Å²) in [7, 11) is 5.86. The number of benzene rings is 3. The topological polar surface area (TPSA) is 169 Å². The molecular formula is C38H33Cl2FN6O9. The lowest BCUT2D eigenvalue weighted by Crippen LogP contribution is -2.59. The van der Waals surface area contributed by atoms with Crippen LogP contribution in [0.15, 0.2) is 80.6 Å². The van der Waals surface area contributed by atoms with Crippen LogP contribution in [0.3, 0.4) is 0 Å². The van der Waals surface area contributed by atoms with E-state index in [1.165, 1.54) is 65.6 Å². The van der Waals surface area contributed by atoms with Gasteiger partial charge in [-0.2, -0.15) is 0 Å². The Labute approximate surface area is 326 Å². The second-order valence-corrected chi connectivity index (χ2v) is 14.9. The normalized spacial score (nSPS) is 22.8. The van der Waals surface area contributed by atoms with Crippen molar-refractivity contribution in [2.75, 3.05) is 26.2 Å². The molecule has 3 aromatic carbocycles. The molecule has 1 saturated heterocycles. The molecule has 15 nitrogen and oxygen atoms in total. The number of fused-ring (bicyclic) bond motifs is 5. The van der Waals surface area contributed by atoms with Gasteiger partial charge in [-0.05, 0) is 42.0 Å². The second kappa shape index (κ2) is 13.1. The average molecular weight is 808 g/mol. The lowest BCUT2D eigenvalue weighted by Gasteiger charge is -2.49. The van der Waals surface area contributed by atoms with Crippen molar-refractivity contribution < 1.29 is 33.3 Å². The molecule has 18 heteroatoms. The molecule has 0 spiro atoms. The Bertz CT molecular complexity index is 2720. The number of aryl methyl sites for hydroxylation is 2. The Balaban J connectivity index is 1.24. The quantitative estimate of drug-likeness (QED) is 0.140. The van der Waals surface area contributed by atoms with Crippen molar-refractivity contribution in [1.82, 2.24) is 23.5 Å². The maximum atomic E-state index is 14.6. The van der Waals surface area contributed by atoms with Crippen molar-refractivity contribution in [2.24, 2.45) is 7.05 Å². The molecule has 4 atom stereocenters. The highest BCUT2D eigenvalue weighted by atomic mass is 35.5. The van der Waals surface area contributed by atoms with Crippen molar-refractivity contribution in [2.45, 2.75) is 47.6 Å². The van der Waals surface area contributed by atoms with Crippen LogP contribution in [0, 0.1) is 5.82 Å². The van der Waals surface area contributed by atoms with Crippen LogP contribution in [-0.2, 0) is 36.1 Å². The Morgan fingerprint density at radius 2 is 1.59 bits per heavy atom. The van der Waals surface area contributed by atoms with E-state index < -0.39 is 62.7 Å². The fourth-order valence-corrected chi connectivity index (χ4v) is 9.21. The van der Waals surface area contributed by atoms with E-state index in [1.54, 1.807) is 25.3 Å². The molecule has 290 valence electrons. The molecule has 5 aromatic rings. The number of rotatable bonds is 8. The molecule has 4 heterocycles. The number of hydrogen-bond acceptors (Lipinski definition) is 10. The molecule has 2 fully saturated rings. The Morgan fingerprint density at radius 3 is 2.27 bits per heavy atom. The van der Waals surface area contributed by atoms with E-state index in [2.05, 4.69) is 4.98 Å². The third-order valence-corrected chi connectivity index (χ3v) is 12.4. The zero-order valence-corrected chi connectivity index (χ0v) is 31.8. The van der Waals surface area contributed by atoms with Gasteiger partial charge in [0.2, 0.25) is 0 Å². The van der Waals surface area contributed by atoms with E-state index in [-0.39, 0.29) is 48.0 Å². The predicted molar refractivity (Wildman–Crippen MR) is 202 cm³/mol. The average Bonchev–Trinajstić information content (AvgIpc) is 3.52. The highest BCUT2D eigenvalue weighted by Gasteiger charge is 2.76. The first-order valence-electron chi connectivity index (χ1n) is 17.3. The molecule has 1 N–H and O–H groups in total. The standard InChI is InChI=1S/C38H33Cl2FN6O9/c1-43-24-17-29(56-4)28(55-3)16-23(24)42-22(32(43)49)13-14-44-35(52)45-15-12-21-25(47(45)36(44)53)18-37(39)33(50)46(20-10-8-19(41)9-11-20)34(51)38(37,40)31(21)30-26(48)6-5-7-27(30)54-2/h5-12,16-17,25,31,48H,13-15,18H2,1-4H3. The maximum Gasteiger partial charge on any atom is 0.347 e. The Kier molecular flexibility index (Phi) is 8.69. The summed E-state index contributed by atoms with van der Waals surface area (Å²) in [6.07, 6.45) is 1.08. The van der Waals surface area contributed by atoms with Crippen molar-refractivity contribution in [3.8, 4) is 23.0 Å². The number of aromatic hydroxyl groups is 1. The SMILES string of the molecule is COc1cc2nc(CCn3c(=O)n4n(c3=O)C3CC5(Cl)C(=O)N(c6ccc(F)cc6)C(=O)C5(Cl)C(c5c(O)cccc5OC)C3=CC4)c(=O)n(C)c2cc1OC. The summed E-state index contributed by atoms with van der Waals surface area (Å²) in [6, 6.07) is 11.1. The summed E-state index contributed by atoms with van der Waals surface area (Å²) < 4.78 is 35.0. The molecule has 2 amide bonds. The molecule has 3 aliphatic rings. The smallest absolute Gasteiger partial charge is 0.347 e. The minimum absolute atomic E-state index is 0.00190. The number of aromatic nitrogens is 5. The highest BCUT2D eigenvalue weighted by molar-refractivity contribution is 6.58. The molecule has 2 aliphatic heterocycles. The van der Waals surface area contributed by atoms with Gasteiger partial charge in [0.25, 0.3) is 17.4 Å². The van der Waals surface area contributed by atoms with Gasteiger partial charge in [0.05, 0.1) is 50.6 Å². The number of imide groups is 1. The van der Waals surface area contributed by atoms with Gasteiger partial charge in [0.1, 0.15) is 23.0 Å². The van der Waals surface area contributed by atoms with E-state index in [1.807, 2.05) is 0 Å². The largest absolute Gasteiger partial charge is 0.508 e. The van der Waals surface area contributed by atoms with Crippen molar-refractivity contribution in [3.05, 3.63) is 115 Å². The van der Waals surface area contributed by atoms with Gasteiger partial charge in [0.15, 0.2) is 21.2 Å². The number of alkyl halides is 2. The Hall–Kier alpha value is -5.87. The number of allylic oxidation sites excluding steroid dienone is 2. The molecule has 56 heavy (non-hydrogen) atoms. The molecule has 1 aliphatic carbocycles. The van der Waals surface area contributed by atoms with Crippen LogP contribution in [0.2, 0.25) is 0 Å². The number of carbonyl (C=O) groups is 2.